The largest absolute Gasteiger partial charge is 0.353 e. The molecule has 0 aromatic rings. The van der Waals surface area contributed by atoms with Crippen LogP contribution in [0.25, 0.3) is 0 Å². The zero-order valence-corrected chi connectivity index (χ0v) is 9.88. The minimum atomic E-state index is 0.0686. The van der Waals surface area contributed by atoms with Crippen molar-refractivity contribution in [3.8, 4) is 0 Å². The second-order valence-corrected chi connectivity index (χ2v) is 4.37. The van der Waals surface area contributed by atoms with E-state index < -0.39 is 0 Å². The van der Waals surface area contributed by atoms with E-state index in [1.54, 1.807) is 0 Å². The zero-order valence-electron chi connectivity index (χ0n) is 8.30. The van der Waals surface area contributed by atoms with Crippen molar-refractivity contribution in [1.82, 2.24) is 0 Å². The lowest BCUT2D eigenvalue weighted by atomic mass is 10.2. The molecule has 0 spiro atoms. The van der Waals surface area contributed by atoms with E-state index in [1.807, 2.05) is 0 Å². The maximum Gasteiger partial charge on any atom is 0.157 e. The Hall–Kier alpha value is 0.400. The fourth-order valence-corrected chi connectivity index (χ4v) is 1.83. The molecule has 0 aliphatic carbocycles. The van der Waals surface area contributed by atoms with Crippen LogP contribution in [0.2, 0.25) is 0 Å². The van der Waals surface area contributed by atoms with Gasteiger partial charge in [0.2, 0.25) is 0 Å². The Bertz CT molecular complexity index is 124. The van der Waals surface area contributed by atoms with Crippen molar-refractivity contribution < 1.29 is 9.47 Å². The van der Waals surface area contributed by atoms with Crippen LogP contribution < -0.4 is 0 Å². The molecule has 0 radical (unpaired) electrons. The first-order chi connectivity index (χ1) is 6.33. The molecule has 0 amide bonds. The molecule has 0 aromatic carbocycles. The summed E-state index contributed by atoms with van der Waals surface area (Å²) in [6, 6.07) is 0. The molecule has 0 saturated carbocycles. The second kappa shape index (κ2) is 6.80. The lowest BCUT2D eigenvalue weighted by Crippen LogP contribution is -2.26. The SMILES string of the molecule is CC(CCCBr)OC1CCCCO1. The van der Waals surface area contributed by atoms with Crippen LogP contribution in [0.4, 0.5) is 0 Å². The molecule has 2 nitrogen and oxygen atoms in total. The van der Waals surface area contributed by atoms with Gasteiger partial charge in [0.1, 0.15) is 0 Å². The van der Waals surface area contributed by atoms with Crippen LogP contribution in [0.3, 0.4) is 0 Å². The van der Waals surface area contributed by atoms with Gasteiger partial charge in [0.05, 0.1) is 6.10 Å². The molecule has 1 rings (SSSR count). The lowest BCUT2D eigenvalue weighted by molar-refractivity contribution is -0.185. The summed E-state index contributed by atoms with van der Waals surface area (Å²) in [7, 11) is 0. The maximum absolute atomic E-state index is 5.75. The Morgan fingerprint density at radius 2 is 2.38 bits per heavy atom. The smallest absolute Gasteiger partial charge is 0.157 e. The molecule has 2 unspecified atom stereocenters. The molecular weight excluding hydrogens is 232 g/mol. The second-order valence-electron chi connectivity index (χ2n) is 3.57. The highest BCUT2D eigenvalue weighted by Crippen LogP contribution is 2.16. The standard InChI is InChI=1S/C10H19BrO2/c1-9(5-4-7-11)13-10-6-2-3-8-12-10/h9-10H,2-8H2,1H3. The van der Waals surface area contributed by atoms with Crippen LogP contribution in [-0.2, 0) is 9.47 Å². The van der Waals surface area contributed by atoms with E-state index in [4.69, 9.17) is 9.47 Å². The monoisotopic (exact) mass is 250 g/mol. The van der Waals surface area contributed by atoms with Crippen LogP contribution in [0.1, 0.15) is 39.0 Å². The van der Waals surface area contributed by atoms with Crippen molar-refractivity contribution in [3.05, 3.63) is 0 Å². The number of ether oxygens (including phenoxy) is 2. The van der Waals surface area contributed by atoms with Crippen molar-refractivity contribution >= 4 is 15.9 Å². The number of hydrogen-bond donors (Lipinski definition) is 0. The van der Waals surface area contributed by atoms with Gasteiger partial charge in [-0.25, -0.2) is 0 Å². The highest BCUT2D eigenvalue weighted by Gasteiger charge is 2.16. The molecule has 0 bridgehead atoms. The van der Waals surface area contributed by atoms with Gasteiger partial charge in [0, 0.05) is 11.9 Å². The highest BCUT2D eigenvalue weighted by atomic mass is 79.9. The summed E-state index contributed by atoms with van der Waals surface area (Å²) in [6.07, 6.45) is 6.20. The zero-order chi connectivity index (χ0) is 9.52. The van der Waals surface area contributed by atoms with Gasteiger partial charge < -0.3 is 9.47 Å². The number of rotatable bonds is 5. The van der Waals surface area contributed by atoms with E-state index in [1.165, 1.54) is 19.3 Å². The normalized spacial score (nSPS) is 25.8. The Morgan fingerprint density at radius 3 is 3.00 bits per heavy atom. The summed E-state index contributed by atoms with van der Waals surface area (Å²) in [6.45, 7) is 3.00. The van der Waals surface area contributed by atoms with E-state index >= 15 is 0 Å². The molecule has 1 heterocycles. The first kappa shape index (κ1) is 11.5. The molecule has 13 heavy (non-hydrogen) atoms. The van der Waals surface area contributed by atoms with Crippen molar-refractivity contribution in [2.75, 3.05) is 11.9 Å². The minimum absolute atomic E-state index is 0.0686. The Labute approximate surface area is 89.1 Å². The molecule has 3 heteroatoms. The van der Waals surface area contributed by atoms with Crippen molar-refractivity contribution in [3.63, 3.8) is 0 Å². The predicted octanol–water partition coefficient (Wildman–Crippen LogP) is 3.09. The van der Waals surface area contributed by atoms with Crippen LogP contribution >= 0.6 is 15.9 Å². The lowest BCUT2D eigenvalue weighted by Gasteiger charge is -2.25. The molecule has 1 aliphatic rings. The average Bonchev–Trinajstić information content (AvgIpc) is 2.16. The highest BCUT2D eigenvalue weighted by molar-refractivity contribution is 9.09. The topological polar surface area (TPSA) is 18.5 Å². The van der Waals surface area contributed by atoms with Gasteiger partial charge in [0.25, 0.3) is 0 Å². The van der Waals surface area contributed by atoms with Crippen LogP contribution in [0.15, 0.2) is 0 Å². The van der Waals surface area contributed by atoms with Gasteiger partial charge in [-0.3, -0.25) is 0 Å². The van der Waals surface area contributed by atoms with E-state index in [9.17, 15) is 0 Å². The van der Waals surface area contributed by atoms with Crippen LogP contribution in [-0.4, -0.2) is 24.3 Å². The van der Waals surface area contributed by atoms with Crippen LogP contribution in [0.5, 0.6) is 0 Å². The Kier molecular flexibility index (Phi) is 6.00. The quantitative estimate of drug-likeness (QED) is 0.699. The molecule has 0 aromatic heterocycles. The Balaban J connectivity index is 2.07. The third-order valence-corrected chi connectivity index (χ3v) is 2.83. The third kappa shape index (κ3) is 4.99. The van der Waals surface area contributed by atoms with Crippen molar-refractivity contribution in [2.45, 2.75) is 51.4 Å². The summed E-state index contributed by atoms with van der Waals surface area (Å²) in [5.74, 6) is 0. The van der Waals surface area contributed by atoms with Crippen LogP contribution in [0, 0.1) is 0 Å². The van der Waals surface area contributed by atoms with E-state index in [0.29, 0.717) is 6.10 Å². The van der Waals surface area contributed by atoms with E-state index in [2.05, 4.69) is 22.9 Å². The first-order valence-corrected chi connectivity index (χ1v) is 6.28. The first-order valence-electron chi connectivity index (χ1n) is 5.16. The van der Waals surface area contributed by atoms with Crippen molar-refractivity contribution in [2.24, 2.45) is 0 Å². The van der Waals surface area contributed by atoms with Gasteiger partial charge in [0.15, 0.2) is 6.29 Å². The summed E-state index contributed by atoms with van der Waals surface area (Å²) in [4.78, 5) is 0. The maximum atomic E-state index is 5.75. The number of halogens is 1. The van der Waals surface area contributed by atoms with Crippen molar-refractivity contribution in [1.29, 1.82) is 0 Å². The fourth-order valence-electron chi connectivity index (χ4n) is 1.51. The molecule has 1 aliphatic heterocycles. The van der Waals surface area contributed by atoms with Gasteiger partial charge in [-0.1, -0.05) is 15.9 Å². The summed E-state index contributed by atoms with van der Waals surface area (Å²) in [5, 5.41) is 1.06. The van der Waals surface area contributed by atoms with Gasteiger partial charge >= 0.3 is 0 Å². The summed E-state index contributed by atoms with van der Waals surface area (Å²) in [5.41, 5.74) is 0. The number of alkyl halides is 1. The third-order valence-electron chi connectivity index (χ3n) is 2.27. The van der Waals surface area contributed by atoms with Gasteiger partial charge in [-0.2, -0.15) is 0 Å². The molecule has 1 fully saturated rings. The minimum Gasteiger partial charge on any atom is -0.353 e. The molecule has 1 saturated heterocycles. The molecule has 2 atom stereocenters. The molecule has 78 valence electrons. The van der Waals surface area contributed by atoms with E-state index in [0.717, 1.165) is 24.8 Å². The summed E-state index contributed by atoms with van der Waals surface area (Å²) < 4.78 is 11.2. The predicted molar refractivity (Wildman–Crippen MR) is 57.2 cm³/mol. The molecular formula is C10H19BrO2. The van der Waals surface area contributed by atoms with Gasteiger partial charge in [-0.15, -0.1) is 0 Å². The molecule has 0 N–H and O–H groups in total. The van der Waals surface area contributed by atoms with E-state index in [-0.39, 0.29) is 6.29 Å². The number of hydrogen-bond acceptors (Lipinski definition) is 2. The average molecular weight is 251 g/mol. The Morgan fingerprint density at radius 1 is 1.54 bits per heavy atom. The van der Waals surface area contributed by atoms with Gasteiger partial charge in [-0.05, 0) is 39.0 Å². The summed E-state index contributed by atoms with van der Waals surface area (Å²) >= 11 is 3.42. The fraction of sp³-hybridized carbons (Fsp3) is 1.00.